The summed E-state index contributed by atoms with van der Waals surface area (Å²) in [6, 6.07) is 7.70. The molecule has 0 aromatic heterocycles. The van der Waals surface area contributed by atoms with Crippen LogP contribution in [-0.4, -0.2) is 45.6 Å². The minimum absolute atomic E-state index is 0.0614. The number of ether oxygens (including phenoxy) is 1. The van der Waals surface area contributed by atoms with Crippen LogP contribution in [0.25, 0.3) is 0 Å². The first-order valence-corrected chi connectivity index (χ1v) is 9.15. The molecule has 0 radical (unpaired) electrons. The van der Waals surface area contributed by atoms with Gasteiger partial charge in [0.25, 0.3) is 0 Å². The average molecular weight is 341 g/mol. The number of nitrogens with zero attached hydrogens (tertiary/aromatic N) is 1. The molecule has 0 aliphatic heterocycles. The zero-order valence-corrected chi connectivity index (χ0v) is 15.3. The zero-order valence-electron chi connectivity index (χ0n) is 14.5. The summed E-state index contributed by atoms with van der Waals surface area (Å²) in [5, 5.41) is 6.17. The van der Waals surface area contributed by atoms with Crippen molar-refractivity contribution < 1.29 is 13.2 Å². The lowest BCUT2D eigenvalue weighted by molar-refractivity contribution is 0.409. The van der Waals surface area contributed by atoms with Crippen LogP contribution in [0.15, 0.2) is 29.3 Å². The van der Waals surface area contributed by atoms with Crippen LogP contribution in [0.5, 0.6) is 5.75 Å². The molecule has 0 unspecified atom stereocenters. The third kappa shape index (κ3) is 5.74. The number of hydrogen-bond acceptors (Lipinski definition) is 4. The van der Waals surface area contributed by atoms with Crippen LogP contribution in [0.4, 0.5) is 0 Å². The lowest BCUT2D eigenvalue weighted by atomic mass is 10.2. The molecule has 0 amide bonds. The van der Waals surface area contributed by atoms with Gasteiger partial charge in [-0.15, -0.1) is 0 Å². The smallest absolute Gasteiger partial charge is 0.191 e. The van der Waals surface area contributed by atoms with Gasteiger partial charge in [-0.3, -0.25) is 4.99 Å². The third-order valence-electron chi connectivity index (χ3n) is 3.46. The fourth-order valence-electron chi connectivity index (χ4n) is 1.86. The van der Waals surface area contributed by atoms with Crippen molar-refractivity contribution in [2.24, 2.45) is 4.99 Å². The number of hydrogen-bond donors (Lipinski definition) is 2. The molecular formula is C16H27N3O3S. The molecule has 0 aliphatic rings. The first-order valence-electron chi connectivity index (χ1n) is 7.50. The SMILES string of the molecule is CN=C(NCCS(=O)(=O)C(C)(C)C)NCc1ccccc1OC. The van der Waals surface area contributed by atoms with E-state index in [4.69, 9.17) is 4.74 Å². The van der Waals surface area contributed by atoms with Crippen LogP contribution >= 0.6 is 0 Å². The van der Waals surface area contributed by atoms with Crippen molar-refractivity contribution in [1.82, 2.24) is 10.6 Å². The van der Waals surface area contributed by atoms with Crippen molar-refractivity contribution >= 4 is 15.8 Å². The van der Waals surface area contributed by atoms with Crippen molar-refractivity contribution in [1.29, 1.82) is 0 Å². The second kappa shape index (κ2) is 8.19. The van der Waals surface area contributed by atoms with Crippen molar-refractivity contribution in [3.63, 3.8) is 0 Å². The maximum atomic E-state index is 12.1. The molecule has 0 aliphatic carbocycles. The Kier molecular flexibility index (Phi) is 6.87. The van der Waals surface area contributed by atoms with Crippen molar-refractivity contribution in [2.45, 2.75) is 32.1 Å². The maximum Gasteiger partial charge on any atom is 0.191 e. The van der Waals surface area contributed by atoms with Crippen LogP contribution in [0.2, 0.25) is 0 Å². The summed E-state index contributed by atoms with van der Waals surface area (Å²) < 4.78 is 28.7. The molecule has 23 heavy (non-hydrogen) atoms. The standard InChI is InChI=1S/C16H27N3O3S/c1-16(2,3)23(20,21)11-10-18-15(17-4)19-12-13-8-6-7-9-14(13)22-5/h6-9H,10-12H2,1-5H3,(H2,17,18,19). The van der Waals surface area contributed by atoms with E-state index in [0.29, 0.717) is 19.0 Å². The third-order valence-corrected chi connectivity index (χ3v) is 6.07. The number of para-hydroxylation sites is 1. The molecular weight excluding hydrogens is 314 g/mol. The second-order valence-corrected chi connectivity index (χ2v) is 8.96. The molecule has 0 bridgehead atoms. The van der Waals surface area contributed by atoms with Crippen molar-refractivity contribution in [3.8, 4) is 5.75 Å². The molecule has 2 N–H and O–H groups in total. The topological polar surface area (TPSA) is 79.8 Å². The minimum atomic E-state index is -3.14. The predicted octanol–water partition coefficient (Wildman–Crippen LogP) is 1.57. The van der Waals surface area contributed by atoms with Crippen LogP contribution in [0.3, 0.4) is 0 Å². The lowest BCUT2D eigenvalue weighted by Crippen LogP contribution is -2.41. The Morgan fingerprint density at radius 3 is 2.43 bits per heavy atom. The van der Waals surface area contributed by atoms with E-state index in [9.17, 15) is 8.42 Å². The number of nitrogens with one attached hydrogen (secondary N) is 2. The highest BCUT2D eigenvalue weighted by molar-refractivity contribution is 7.92. The van der Waals surface area contributed by atoms with Gasteiger partial charge in [-0.05, 0) is 26.8 Å². The molecule has 0 saturated carbocycles. The van der Waals surface area contributed by atoms with E-state index >= 15 is 0 Å². The molecule has 1 aromatic rings. The predicted molar refractivity (Wildman–Crippen MR) is 94.7 cm³/mol. The second-order valence-electron chi connectivity index (χ2n) is 6.10. The molecule has 0 atom stereocenters. The molecule has 1 aromatic carbocycles. The summed E-state index contributed by atoms with van der Waals surface area (Å²) in [4.78, 5) is 4.10. The Morgan fingerprint density at radius 2 is 1.87 bits per heavy atom. The quantitative estimate of drug-likeness (QED) is 0.606. The van der Waals surface area contributed by atoms with Gasteiger partial charge >= 0.3 is 0 Å². The van der Waals surface area contributed by atoms with Gasteiger partial charge in [-0.25, -0.2) is 8.42 Å². The fraction of sp³-hybridized carbons (Fsp3) is 0.562. The summed E-state index contributed by atoms with van der Waals surface area (Å²) >= 11 is 0. The number of guanidine groups is 1. The Morgan fingerprint density at radius 1 is 1.22 bits per heavy atom. The van der Waals surface area contributed by atoms with Gasteiger partial charge in [-0.2, -0.15) is 0 Å². The normalized spacial score (nSPS) is 12.8. The van der Waals surface area contributed by atoms with Gasteiger partial charge in [0.05, 0.1) is 17.6 Å². The van der Waals surface area contributed by atoms with E-state index < -0.39 is 14.6 Å². The number of benzene rings is 1. The summed E-state index contributed by atoms with van der Waals surface area (Å²) in [5.74, 6) is 1.41. The minimum Gasteiger partial charge on any atom is -0.496 e. The number of sulfone groups is 1. The zero-order chi connectivity index (χ0) is 17.5. The highest BCUT2D eigenvalue weighted by Gasteiger charge is 2.28. The Bertz CT molecular complexity index is 634. The monoisotopic (exact) mass is 341 g/mol. The van der Waals surface area contributed by atoms with E-state index in [1.807, 2.05) is 24.3 Å². The molecule has 0 heterocycles. The van der Waals surface area contributed by atoms with Crippen LogP contribution in [0, 0.1) is 0 Å². The summed E-state index contributed by atoms with van der Waals surface area (Å²) in [7, 11) is 0.132. The van der Waals surface area contributed by atoms with E-state index in [1.54, 1.807) is 34.9 Å². The van der Waals surface area contributed by atoms with Crippen LogP contribution in [-0.2, 0) is 16.4 Å². The molecule has 130 valence electrons. The number of rotatable bonds is 6. The largest absolute Gasteiger partial charge is 0.496 e. The molecule has 0 fully saturated rings. The van der Waals surface area contributed by atoms with Gasteiger partial charge in [0.2, 0.25) is 0 Å². The summed E-state index contributed by atoms with van der Waals surface area (Å²) in [5.41, 5.74) is 1.00. The average Bonchev–Trinajstić information content (AvgIpc) is 2.49. The maximum absolute atomic E-state index is 12.1. The van der Waals surface area contributed by atoms with E-state index in [-0.39, 0.29) is 5.75 Å². The van der Waals surface area contributed by atoms with Crippen molar-refractivity contribution in [2.75, 3.05) is 26.5 Å². The first-order chi connectivity index (χ1) is 10.7. The number of methoxy groups -OCH3 is 1. The summed E-state index contributed by atoms with van der Waals surface area (Å²) in [6.07, 6.45) is 0. The molecule has 7 heteroatoms. The first kappa shape index (κ1) is 19.3. The summed E-state index contributed by atoms with van der Waals surface area (Å²) in [6.45, 7) is 5.96. The van der Waals surface area contributed by atoms with Crippen LogP contribution in [0.1, 0.15) is 26.3 Å². The fourth-order valence-corrected chi connectivity index (χ4v) is 2.84. The Hall–Kier alpha value is -1.76. The molecule has 6 nitrogen and oxygen atoms in total. The van der Waals surface area contributed by atoms with Gasteiger partial charge in [0, 0.05) is 25.7 Å². The van der Waals surface area contributed by atoms with E-state index in [1.165, 1.54) is 0 Å². The van der Waals surface area contributed by atoms with Gasteiger partial charge in [0.15, 0.2) is 15.8 Å². The highest BCUT2D eigenvalue weighted by atomic mass is 32.2. The molecule has 0 saturated heterocycles. The Labute approximate surface area is 139 Å². The van der Waals surface area contributed by atoms with E-state index in [0.717, 1.165) is 11.3 Å². The van der Waals surface area contributed by atoms with Gasteiger partial charge in [-0.1, -0.05) is 18.2 Å². The Balaban J connectivity index is 2.53. The van der Waals surface area contributed by atoms with Crippen LogP contribution < -0.4 is 15.4 Å². The van der Waals surface area contributed by atoms with Gasteiger partial charge in [0.1, 0.15) is 5.75 Å². The lowest BCUT2D eigenvalue weighted by Gasteiger charge is -2.20. The molecule has 0 spiro atoms. The molecule has 1 rings (SSSR count). The highest BCUT2D eigenvalue weighted by Crippen LogP contribution is 2.17. The number of aliphatic imine (C=N–C) groups is 1. The van der Waals surface area contributed by atoms with Gasteiger partial charge < -0.3 is 15.4 Å². The van der Waals surface area contributed by atoms with E-state index in [2.05, 4.69) is 15.6 Å². The van der Waals surface area contributed by atoms with Crippen molar-refractivity contribution in [3.05, 3.63) is 29.8 Å².